The van der Waals surface area contributed by atoms with E-state index in [1.54, 1.807) is 0 Å². The van der Waals surface area contributed by atoms with Gasteiger partial charge < -0.3 is 0 Å². The van der Waals surface area contributed by atoms with Gasteiger partial charge in [0.15, 0.2) is 0 Å². The summed E-state index contributed by atoms with van der Waals surface area (Å²) in [5.41, 5.74) is -0.705. The molecule has 1 rings (SSSR count). The number of halogens is 4. The van der Waals surface area contributed by atoms with Gasteiger partial charge in [0.1, 0.15) is 0 Å². The Morgan fingerprint density at radius 2 is 1.94 bits per heavy atom. The molecule has 0 atom stereocenters. The van der Waals surface area contributed by atoms with Crippen LogP contribution < -0.4 is 0 Å². The maximum Gasteiger partial charge on any atom is 0.417 e. The van der Waals surface area contributed by atoms with Crippen LogP contribution >= 0.6 is 23.4 Å². The number of rotatable bonds is 6. The summed E-state index contributed by atoms with van der Waals surface area (Å²) in [5, 5.41) is 0.629. The van der Waals surface area contributed by atoms with E-state index in [1.807, 2.05) is 0 Å². The van der Waals surface area contributed by atoms with Crippen molar-refractivity contribution in [1.29, 1.82) is 0 Å². The lowest BCUT2D eigenvalue weighted by atomic mass is 10.3. The summed E-state index contributed by atoms with van der Waals surface area (Å²) in [7, 11) is 0. The molecule has 6 heteroatoms. The van der Waals surface area contributed by atoms with Crippen LogP contribution in [0.15, 0.2) is 23.4 Å². The van der Waals surface area contributed by atoms with Crippen molar-refractivity contribution in [3.63, 3.8) is 0 Å². The number of hydrogen-bond acceptors (Lipinski definition) is 2. The molecule has 1 aromatic heterocycles. The molecule has 0 spiro atoms. The molecule has 0 unspecified atom stereocenters. The molecule has 0 aromatic carbocycles. The maximum absolute atomic E-state index is 12.3. The van der Waals surface area contributed by atoms with Gasteiger partial charge in [-0.1, -0.05) is 6.42 Å². The molecule has 1 heterocycles. The fraction of sp³-hybridized carbons (Fsp3) is 0.545. The normalized spacial score (nSPS) is 11.8. The van der Waals surface area contributed by atoms with Crippen LogP contribution in [0.5, 0.6) is 0 Å². The second-order valence-electron chi connectivity index (χ2n) is 3.48. The maximum atomic E-state index is 12.3. The van der Waals surface area contributed by atoms with Gasteiger partial charge in [0.2, 0.25) is 0 Å². The Morgan fingerprint density at radius 1 is 1.18 bits per heavy atom. The molecular formula is C11H13ClF3NS. The van der Waals surface area contributed by atoms with Crippen LogP contribution in [0.4, 0.5) is 13.2 Å². The van der Waals surface area contributed by atoms with Gasteiger partial charge in [-0.2, -0.15) is 13.2 Å². The molecule has 1 nitrogen and oxygen atoms in total. The molecule has 1 aromatic rings. The Morgan fingerprint density at radius 3 is 2.47 bits per heavy atom. The molecular weight excluding hydrogens is 271 g/mol. The molecule has 0 saturated carbocycles. The molecule has 0 N–H and O–H groups in total. The van der Waals surface area contributed by atoms with Crippen molar-refractivity contribution in [3.8, 4) is 0 Å². The van der Waals surface area contributed by atoms with Crippen molar-refractivity contribution >= 4 is 23.4 Å². The fourth-order valence-electron chi connectivity index (χ4n) is 1.18. The van der Waals surface area contributed by atoms with Crippen molar-refractivity contribution in [3.05, 3.63) is 23.9 Å². The molecule has 17 heavy (non-hydrogen) atoms. The van der Waals surface area contributed by atoms with Gasteiger partial charge in [-0.15, -0.1) is 23.4 Å². The molecule has 0 fully saturated rings. The molecule has 96 valence electrons. The largest absolute Gasteiger partial charge is 0.417 e. The van der Waals surface area contributed by atoms with Gasteiger partial charge in [-0.05, 0) is 30.7 Å². The fourth-order valence-corrected chi connectivity index (χ4v) is 2.22. The van der Waals surface area contributed by atoms with Crippen LogP contribution in [0, 0.1) is 0 Å². The molecule has 0 aliphatic heterocycles. The monoisotopic (exact) mass is 283 g/mol. The lowest BCUT2D eigenvalue weighted by Gasteiger charge is -2.06. The summed E-state index contributed by atoms with van der Waals surface area (Å²) in [6.45, 7) is 0. The Labute approximate surface area is 108 Å². The van der Waals surface area contributed by atoms with E-state index in [0.717, 1.165) is 37.3 Å². The number of nitrogens with zero attached hydrogens (tertiary/aromatic N) is 1. The Balaban J connectivity index is 2.36. The van der Waals surface area contributed by atoms with E-state index >= 15 is 0 Å². The lowest BCUT2D eigenvalue weighted by molar-refractivity contribution is -0.137. The van der Waals surface area contributed by atoms with Gasteiger partial charge >= 0.3 is 6.18 Å². The Kier molecular flexibility index (Phi) is 6.12. The molecule has 0 saturated heterocycles. The van der Waals surface area contributed by atoms with Crippen LogP contribution in [0.2, 0.25) is 0 Å². The third-order valence-electron chi connectivity index (χ3n) is 2.09. The van der Waals surface area contributed by atoms with E-state index in [1.165, 1.54) is 17.8 Å². The quantitative estimate of drug-likeness (QED) is 0.430. The third kappa shape index (κ3) is 5.64. The van der Waals surface area contributed by atoms with Gasteiger partial charge in [0, 0.05) is 12.1 Å². The smallest absolute Gasteiger partial charge is 0.249 e. The van der Waals surface area contributed by atoms with E-state index in [0.29, 0.717) is 10.9 Å². The Hall–Kier alpha value is -0.420. The molecule has 0 amide bonds. The standard InChI is InChI=1S/C11H13ClF3NS/c12-6-2-1-3-7-17-10-5-4-9(8-16-10)11(13,14)15/h4-5,8H,1-3,6-7H2. The van der Waals surface area contributed by atoms with E-state index < -0.39 is 11.7 Å². The van der Waals surface area contributed by atoms with Crippen molar-refractivity contribution < 1.29 is 13.2 Å². The molecule has 0 bridgehead atoms. The zero-order chi connectivity index (χ0) is 12.7. The van der Waals surface area contributed by atoms with Gasteiger partial charge in [0.25, 0.3) is 0 Å². The van der Waals surface area contributed by atoms with Crippen molar-refractivity contribution in [2.75, 3.05) is 11.6 Å². The van der Waals surface area contributed by atoms with Crippen LogP contribution in [0.3, 0.4) is 0 Å². The summed E-state index contributed by atoms with van der Waals surface area (Å²) in [6.07, 6.45) is -0.419. The summed E-state index contributed by atoms with van der Waals surface area (Å²) in [6, 6.07) is 2.48. The number of hydrogen-bond donors (Lipinski definition) is 0. The summed E-state index contributed by atoms with van der Waals surface area (Å²) < 4.78 is 36.8. The van der Waals surface area contributed by atoms with Crippen molar-refractivity contribution in [2.24, 2.45) is 0 Å². The first-order valence-electron chi connectivity index (χ1n) is 5.26. The zero-order valence-electron chi connectivity index (χ0n) is 9.13. The highest BCUT2D eigenvalue weighted by atomic mass is 35.5. The number of unbranched alkanes of at least 4 members (excludes halogenated alkanes) is 2. The number of aromatic nitrogens is 1. The predicted molar refractivity (Wildman–Crippen MR) is 64.5 cm³/mol. The number of thioether (sulfide) groups is 1. The molecule has 0 aliphatic rings. The second kappa shape index (κ2) is 7.11. The van der Waals surface area contributed by atoms with E-state index in [2.05, 4.69) is 4.98 Å². The first-order valence-corrected chi connectivity index (χ1v) is 6.78. The van der Waals surface area contributed by atoms with Crippen LogP contribution in [0.1, 0.15) is 24.8 Å². The van der Waals surface area contributed by atoms with Crippen molar-refractivity contribution in [1.82, 2.24) is 4.98 Å². The van der Waals surface area contributed by atoms with Gasteiger partial charge in [-0.3, -0.25) is 0 Å². The lowest BCUT2D eigenvalue weighted by Crippen LogP contribution is -2.05. The minimum atomic E-state index is -4.31. The van der Waals surface area contributed by atoms with Gasteiger partial charge in [-0.25, -0.2) is 4.98 Å². The highest BCUT2D eigenvalue weighted by Gasteiger charge is 2.30. The summed E-state index contributed by atoms with van der Waals surface area (Å²) in [5.74, 6) is 1.51. The summed E-state index contributed by atoms with van der Waals surface area (Å²) >= 11 is 7.00. The minimum Gasteiger partial charge on any atom is -0.249 e. The zero-order valence-corrected chi connectivity index (χ0v) is 10.7. The average molecular weight is 284 g/mol. The predicted octanol–water partition coefficient (Wildman–Crippen LogP) is 4.60. The van der Waals surface area contributed by atoms with E-state index in [9.17, 15) is 13.2 Å². The average Bonchev–Trinajstić information content (AvgIpc) is 2.28. The third-order valence-corrected chi connectivity index (χ3v) is 3.39. The highest BCUT2D eigenvalue weighted by molar-refractivity contribution is 7.99. The second-order valence-corrected chi connectivity index (χ2v) is 4.97. The first kappa shape index (κ1) is 14.6. The minimum absolute atomic E-state index is 0.629. The number of pyridine rings is 1. The SMILES string of the molecule is FC(F)(F)c1ccc(SCCCCCCl)nc1. The van der Waals surface area contributed by atoms with Crippen LogP contribution in [-0.4, -0.2) is 16.6 Å². The van der Waals surface area contributed by atoms with E-state index in [4.69, 9.17) is 11.6 Å². The van der Waals surface area contributed by atoms with Gasteiger partial charge in [0.05, 0.1) is 10.6 Å². The van der Waals surface area contributed by atoms with Crippen molar-refractivity contribution in [2.45, 2.75) is 30.5 Å². The topological polar surface area (TPSA) is 12.9 Å². The highest BCUT2D eigenvalue weighted by Crippen LogP contribution is 2.29. The van der Waals surface area contributed by atoms with Crippen LogP contribution in [-0.2, 0) is 6.18 Å². The number of alkyl halides is 4. The molecule has 0 radical (unpaired) electrons. The van der Waals surface area contributed by atoms with Crippen LogP contribution in [0.25, 0.3) is 0 Å². The molecule has 0 aliphatic carbocycles. The first-order chi connectivity index (χ1) is 8.04. The summed E-state index contributed by atoms with van der Waals surface area (Å²) in [4.78, 5) is 3.78. The Bertz CT molecular complexity index is 326. The van der Waals surface area contributed by atoms with E-state index in [-0.39, 0.29) is 0 Å².